The lowest BCUT2D eigenvalue weighted by Crippen LogP contribution is -2.61. The Morgan fingerprint density at radius 3 is 2.50 bits per heavy atom. The topological polar surface area (TPSA) is 135 Å². The Labute approximate surface area is 316 Å². The number of aliphatic hydroxyl groups is 1. The molecule has 4 fully saturated rings. The van der Waals surface area contributed by atoms with E-state index in [0.29, 0.717) is 31.4 Å². The second kappa shape index (κ2) is 17.8. The fraction of sp³-hybridized carbons (Fsp3) is 0.650. The molecule has 3 amide bonds. The standard InChI is InChI=1S/C40H56BrN3O8/c1-6-9-20-31(46)42-29(24-50-5)34(26-16-12-10-13-17-26)51-39(49)32-33-37(47)44(30(23-45)25(4)8-3)36(40(33)22-28(41)35(32)52-40)38(48)43(21-7-2)27-18-14-11-15-19-27/h6-7,10,12-13,16-17,25,27-30,32-36,45H,1-2,8-9,11,14-15,18-24H2,3-5H3,(H,42,46)/t25-,28?,29+,30-,32-,33+,34+,35-,36-,40+/m0/s1. The van der Waals surface area contributed by atoms with Gasteiger partial charge in [-0.2, -0.15) is 0 Å². The first-order valence-corrected chi connectivity index (χ1v) is 19.8. The molecule has 1 aliphatic carbocycles. The van der Waals surface area contributed by atoms with Gasteiger partial charge in [-0.15, -0.1) is 13.2 Å². The summed E-state index contributed by atoms with van der Waals surface area (Å²) in [6.45, 7) is 11.6. The van der Waals surface area contributed by atoms with Crippen LogP contribution in [0.15, 0.2) is 55.6 Å². The minimum atomic E-state index is -1.32. The minimum Gasteiger partial charge on any atom is -0.455 e. The SMILES string of the molecule is C=CCCC(=O)N[C@H](COC)[C@H](OC(=O)[C@@H]1[C@H]2O[C@@]3(CC2Br)[C@H](C(=O)N(CC=C)C2CCCCC2)N([C@@H](CO)[C@@H](C)CC)C(=O)[C@@H]13)c1ccccc1. The second-order valence-corrected chi connectivity index (χ2v) is 16.0. The van der Waals surface area contributed by atoms with Crippen LogP contribution >= 0.6 is 15.9 Å². The number of hydrogen-bond acceptors (Lipinski definition) is 8. The van der Waals surface area contributed by atoms with Gasteiger partial charge < -0.3 is 34.4 Å². The molecule has 1 aromatic carbocycles. The number of likely N-dealkylation sites (tertiary alicyclic amines) is 1. The van der Waals surface area contributed by atoms with Gasteiger partial charge in [0.15, 0.2) is 0 Å². The number of carbonyl (C=O) groups is 4. The first-order chi connectivity index (χ1) is 25.1. The number of aliphatic hydroxyl groups excluding tert-OH is 1. The van der Waals surface area contributed by atoms with E-state index in [9.17, 15) is 19.5 Å². The number of halogens is 1. The summed E-state index contributed by atoms with van der Waals surface area (Å²) in [7, 11) is 1.51. The third-order valence-electron chi connectivity index (χ3n) is 11.7. The number of carbonyl (C=O) groups excluding carboxylic acids is 4. The Bertz CT molecular complexity index is 1440. The van der Waals surface area contributed by atoms with E-state index in [1.165, 1.54) is 7.11 Å². The van der Waals surface area contributed by atoms with Crippen molar-refractivity contribution in [1.82, 2.24) is 15.1 Å². The molecule has 11 nitrogen and oxygen atoms in total. The van der Waals surface area contributed by atoms with Crippen molar-refractivity contribution in [2.24, 2.45) is 17.8 Å². The zero-order valence-corrected chi connectivity index (χ0v) is 32.4. The molecule has 1 aromatic rings. The number of fused-ring (bicyclic) bond motifs is 1. The van der Waals surface area contributed by atoms with Crippen LogP contribution in [0.25, 0.3) is 0 Å². The molecule has 1 unspecified atom stereocenters. The molecule has 3 aliphatic heterocycles. The summed E-state index contributed by atoms with van der Waals surface area (Å²) in [5, 5.41) is 13.8. The highest BCUT2D eigenvalue weighted by molar-refractivity contribution is 9.09. The highest BCUT2D eigenvalue weighted by Crippen LogP contribution is 2.61. The zero-order valence-electron chi connectivity index (χ0n) is 30.8. The van der Waals surface area contributed by atoms with Gasteiger partial charge in [0.05, 0.1) is 43.2 Å². The maximum Gasteiger partial charge on any atom is 0.313 e. The van der Waals surface area contributed by atoms with Gasteiger partial charge in [-0.3, -0.25) is 19.2 Å². The van der Waals surface area contributed by atoms with Crippen LogP contribution in [0.1, 0.15) is 83.3 Å². The summed E-state index contributed by atoms with van der Waals surface area (Å²) in [5.74, 6) is -3.71. The third-order valence-corrected chi connectivity index (χ3v) is 12.6. The van der Waals surface area contributed by atoms with Gasteiger partial charge in [0.1, 0.15) is 17.7 Å². The average Bonchev–Trinajstić information content (AvgIpc) is 3.75. The summed E-state index contributed by atoms with van der Waals surface area (Å²) in [6, 6.07) is 6.68. The number of alkyl halides is 1. The average molecular weight is 787 g/mol. The van der Waals surface area contributed by atoms with E-state index in [1.54, 1.807) is 17.1 Å². The number of rotatable bonds is 18. The summed E-state index contributed by atoms with van der Waals surface area (Å²) in [6.07, 6.45) is 8.24. The molecule has 1 saturated carbocycles. The predicted octanol–water partition coefficient (Wildman–Crippen LogP) is 4.87. The zero-order chi connectivity index (χ0) is 37.6. The summed E-state index contributed by atoms with van der Waals surface area (Å²) in [4.78, 5) is 60.7. The maximum absolute atomic E-state index is 15.1. The molecule has 52 heavy (non-hydrogen) atoms. The number of esters is 1. The van der Waals surface area contributed by atoms with Crippen LogP contribution in [-0.2, 0) is 33.4 Å². The van der Waals surface area contributed by atoms with Gasteiger partial charge >= 0.3 is 5.97 Å². The third kappa shape index (κ3) is 7.77. The highest BCUT2D eigenvalue weighted by Gasteiger charge is 2.78. The molecule has 4 aliphatic rings. The Morgan fingerprint density at radius 2 is 1.88 bits per heavy atom. The van der Waals surface area contributed by atoms with Gasteiger partial charge in [-0.05, 0) is 37.2 Å². The van der Waals surface area contributed by atoms with Gasteiger partial charge in [0.2, 0.25) is 17.7 Å². The van der Waals surface area contributed by atoms with Crippen LogP contribution in [0.5, 0.6) is 0 Å². The summed E-state index contributed by atoms with van der Waals surface area (Å²) < 4.78 is 18.7. The summed E-state index contributed by atoms with van der Waals surface area (Å²) >= 11 is 3.78. The van der Waals surface area contributed by atoms with E-state index in [0.717, 1.165) is 32.1 Å². The largest absolute Gasteiger partial charge is 0.455 e. The Kier molecular flexibility index (Phi) is 13.8. The van der Waals surface area contributed by atoms with Gasteiger partial charge in [-0.25, -0.2) is 0 Å². The van der Waals surface area contributed by atoms with Crippen molar-refractivity contribution < 1.29 is 38.5 Å². The highest BCUT2D eigenvalue weighted by atomic mass is 79.9. The van der Waals surface area contributed by atoms with Crippen molar-refractivity contribution in [2.75, 3.05) is 26.9 Å². The normalized spacial score (nSPS) is 29.1. The first kappa shape index (κ1) is 40.1. The lowest BCUT2D eigenvalue weighted by atomic mass is 9.70. The van der Waals surface area contributed by atoms with Crippen molar-refractivity contribution >= 4 is 39.6 Å². The monoisotopic (exact) mass is 785 g/mol. The number of nitrogens with zero attached hydrogens (tertiary/aromatic N) is 2. The van der Waals surface area contributed by atoms with E-state index >= 15 is 4.79 Å². The van der Waals surface area contributed by atoms with Crippen molar-refractivity contribution in [2.45, 2.75) is 118 Å². The molecule has 5 rings (SSSR count). The van der Waals surface area contributed by atoms with Crippen molar-refractivity contribution in [1.29, 1.82) is 0 Å². The van der Waals surface area contributed by atoms with Gasteiger partial charge in [0.25, 0.3) is 0 Å². The van der Waals surface area contributed by atoms with Crippen molar-refractivity contribution in [3.8, 4) is 0 Å². The Morgan fingerprint density at radius 1 is 1.17 bits per heavy atom. The predicted molar refractivity (Wildman–Crippen MR) is 200 cm³/mol. The van der Waals surface area contributed by atoms with Crippen LogP contribution in [0.4, 0.5) is 0 Å². The van der Waals surface area contributed by atoms with E-state index in [4.69, 9.17) is 14.2 Å². The summed E-state index contributed by atoms with van der Waals surface area (Å²) in [5.41, 5.74) is -0.674. The van der Waals surface area contributed by atoms with Crippen molar-refractivity contribution in [3.05, 3.63) is 61.2 Å². The number of amides is 3. The number of allylic oxidation sites excluding steroid dienone is 1. The van der Waals surface area contributed by atoms with E-state index in [-0.39, 0.29) is 54.1 Å². The first-order valence-electron chi connectivity index (χ1n) is 18.9. The Hall–Kier alpha value is -3.06. The van der Waals surface area contributed by atoms with Crippen LogP contribution in [0, 0.1) is 17.8 Å². The molecule has 0 radical (unpaired) electrons. The molecule has 286 valence electrons. The minimum absolute atomic E-state index is 0.00648. The molecule has 3 heterocycles. The smallest absolute Gasteiger partial charge is 0.313 e. The lowest BCUT2D eigenvalue weighted by Gasteiger charge is -2.43. The number of ether oxygens (including phenoxy) is 3. The molecule has 3 saturated heterocycles. The number of benzene rings is 1. The van der Waals surface area contributed by atoms with Crippen LogP contribution < -0.4 is 5.32 Å². The molecule has 2 N–H and O–H groups in total. The van der Waals surface area contributed by atoms with Gasteiger partial charge in [-0.1, -0.05) is 97.9 Å². The van der Waals surface area contributed by atoms with Crippen LogP contribution in [0.2, 0.25) is 0 Å². The number of methoxy groups -OCH3 is 1. The molecule has 1 spiro atoms. The molecule has 12 heteroatoms. The molecule has 0 aromatic heterocycles. The van der Waals surface area contributed by atoms with E-state index in [2.05, 4.69) is 34.4 Å². The van der Waals surface area contributed by atoms with Crippen LogP contribution in [0.3, 0.4) is 0 Å². The molecule has 10 atom stereocenters. The Balaban J connectivity index is 1.55. The molecular weight excluding hydrogens is 730 g/mol. The number of hydrogen-bond donors (Lipinski definition) is 2. The molecular formula is C40H56BrN3O8. The number of nitrogens with one attached hydrogen (secondary N) is 1. The quantitative estimate of drug-likeness (QED) is 0.122. The van der Waals surface area contributed by atoms with E-state index in [1.807, 2.05) is 49.1 Å². The fourth-order valence-electron chi connectivity index (χ4n) is 9.02. The lowest BCUT2D eigenvalue weighted by molar-refractivity contribution is -0.164. The van der Waals surface area contributed by atoms with Gasteiger partial charge in [0, 0.05) is 30.9 Å². The van der Waals surface area contributed by atoms with Crippen molar-refractivity contribution in [3.63, 3.8) is 0 Å². The van der Waals surface area contributed by atoms with Crippen LogP contribution in [-0.4, -0.2) is 106 Å². The maximum atomic E-state index is 15.1. The van der Waals surface area contributed by atoms with E-state index < -0.39 is 53.7 Å². The second-order valence-electron chi connectivity index (χ2n) is 14.8. The molecule has 2 bridgehead atoms. The fourth-order valence-corrected chi connectivity index (χ4v) is 9.96.